The van der Waals surface area contributed by atoms with Gasteiger partial charge in [0.05, 0.1) is 12.1 Å². The number of hydrogen-bond donors (Lipinski definition) is 1. The Morgan fingerprint density at radius 1 is 1.04 bits per heavy atom. The van der Waals surface area contributed by atoms with Crippen molar-refractivity contribution in [3.05, 3.63) is 54.2 Å². The van der Waals surface area contributed by atoms with E-state index in [9.17, 15) is 4.79 Å². The van der Waals surface area contributed by atoms with Crippen molar-refractivity contribution in [3.63, 3.8) is 0 Å². The molecule has 1 saturated heterocycles. The summed E-state index contributed by atoms with van der Waals surface area (Å²) in [5, 5.41) is 11.3. The molecule has 1 aromatic carbocycles. The van der Waals surface area contributed by atoms with Gasteiger partial charge in [-0.3, -0.25) is 9.80 Å². The van der Waals surface area contributed by atoms with E-state index in [1.165, 1.54) is 5.56 Å². The first-order valence-electron chi connectivity index (χ1n) is 9.15. The molecule has 0 bridgehead atoms. The molecule has 1 aliphatic carbocycles. The molecule has 2 aliphatic rings. The van der Waals surface area contributed by atoms with Gasteiger partial charge in [-0.1, -0.05) is 30.3 Å². The van der Waals surface area contributed by atoms with Crippen molar-refractivity contribution in [2.45, 2.75) is 36.8 Å². The van der Waals surface area contributed by atoms with E-state index >= 15 is 0 Å². The van der Waals surface area contributed by atoms with Crippen LogP contribution in [0.2, 0.25) is 0 Å². The van der Waals surface area contributed by atoms with E-state index < -0.39 is 0 Å². The summed E-state index contributed by atoms with van der Waals surface area (Å²) < 4.78 is 0. The lowest BCUT2D eigenvalue weighted by atomic mass is 9.69. The number of hydrogen-bond acceptors (Lipinski definition) is 4. The van der Waals surface area contributed by atoms with Gasteiger partial charge in [0.15, 0.2) is 5.82 Å². The first-order chi connectivity index (χ1) is 12.5. The molecule has 2 heterocycles. The van der Waals surface area contributed by atoms with Crippen LogP contribution in [0.1, 0.15) is 31.2 Å². The number of aromatic nitrogens is 2. The predicted octanol–water partition coefficient (Wildman–Crippen LogP) is 2.78. The molecule has 2 amide bonds. The van der Waals surface area contributed by atoms with Crippen molar-refractivity contribution in [3.8, 4) is 0 Å². The fraction of sp³-hybridized carbons (Fsp3) is 0.450. The van der Waals surface area contributed by atoms with Crippen LogP contribution in [0.5, 0.6) is 0 Å². The van der Waals surface area contributed by atoms with Gasteiger partial charge in [-0.05, 0) is 57.5 Å². The quantitative estimate of drug-likeness (QED) is 0.924. The Morgan fingerprint density at radius 2 is 1.77 bits per heavy atom. The Morgan fingerprint density at radius 3 is 2.38 bits per heavy atom. The van der Waals surface area contributed by atoms with Crippen molar-refractivity contribution in [1.29, 1.82) is 0 Å². The third-order valence-electron chi connectivity index (χ3n) is 6.11. The van der Waals surface area contributed by atoms with Crippen LogP contribution < -0.4 is 10.2 Å². The monoisotopic (exact) mass is 351 g/mol. The summed E-state index contributed by atoms with van der Waals surface area (Å²) in [5.41, 5.74) is 1.20. The van der Waals surface area contributed by atoms with E-state index in [0.29, 0.717) is 12.4 Å². The smallest absolute Gasteiger partial charge is 0.323 e. The Kier molecular flexibility index (Phi) is 4.15. The lowest BCUT2D eigenvalue weighted by Gasteiger charge is -2.48. The molecular weight excluding hydrogens is 326 g/mol. The number of nitrogens with zero attached hydrogens (tertiary/aromatic N) is 4. The van der Waals surface area contributed by atoms with E-state index in [2.05, 4.69) is 64.8 Å². The second kappa shape index (κ2) is 6.36. The van der Waals surface area contributed by atoms with Crippen molar-refractivity contribution < 1.29 is 4.79 Å². The third-order valence-corrected chi connectivity index (χ3v) is 6.11. The molecule has 26 heavy (non-hydrogen) atoms. The zero-order valence-electron chi connectivity index (χ0n) is 15.4. The molecular formula is C20H25N5O. The summed E-state index contributed by atoms with van der Waals surface area (Å²) >= 11 is 0. The summed E-state index contributed by atoms with van der Waals surface area (Å²) in [6, 6.07) is 14.3. The SMILES string of the molecule is CN(C)[C@]1(c2ccccc2)CC[C@@]2(CC1)CN(c1cccnn1)C(=O)N2. The highest BCUT2D eigenvalue weighted by Crippen LogP contribution is 2.46. The van der Waals surface area contributed by atoms with Gasteiger partial charge in [0.2, 0.25) is 0 Å². The van der Waals surface area contributed by atoms with Crippen LogP contribution >= 0.6 is 0 Å². The number of urea groups is 1. The average molecular weight is 351 g/mol. The highest BCUT2D eigenvalue weighted by atomic mass is 16.2. The zero-order valence-corrected chi connectivity index (χ0v) is 15.4. The standard InChI is InChI=1S/C20H25N5O/c1-24(2)20(16-7-4-3-5-8-16)12-10-19(11-13-20)15-25(18(26)22-19)17-9-6-14-21-23-17/h3-9,14H,10-13,15H2,1-2H3,(H,22,26)/t19-,20-. The number of anilines is 1. The first-order valence-corrected chi connectivity index (χ1v) is 9.15. The summed E-state index contributed by atoms with van der Waals surface area (Å²) in [6.45, 7) is 0.656. The van der Waals surface area contributed by atoms with Crippen LogP contribution in [0.3, 0.4) is 0 Å². The van der Waals surface area contributed by atoms with Gasteiger partial charge in [-0.2, -0.15) is 5.10 Å². The summed E-state index contributed by atoms with van der Waals surface area (Å²) in [7, 11) is 4.31. The fourth-order valence-corrected chi connectivity index (χ4v) is 4.50. The van der Waals surface area contributed by atoms with Crippen LogP contribution in [-0.4, -0.2) is 47.3 Å². The van der Waals surface area contributed by atoms with Crippen molar-refractivity contribution in [2.24, 2.45) is 0 Å². The number of carbonyl (C=O) groups excluding carboxylic acids is 1. The van der Waals surface area contributed by atoms with Crippen molar-refractivity contribution in [2.75, 3.05) is 25.5 Å². The van der Waals surface area contributed by atoms with Crippen LogP contribution in [0, 0.1) is 0 Å². The van der Waals surface area contributed by atoms with Gasteiger partial charge >= 0.3 is 6.03 Å². The normalized spacial score (nSPS) is 28.6. The summed E-state index contributed by atoms with van der Waals surface area (Å²) in [5.74, 6) is 0.620. The molecule has 0 atom stereocenters. The average Bonchev–Trinajstić information content (AvgIpc) is 3.00. The number of nitrogens with one attached hydrogen (secondary N) is 1. The van der Waals surface area contributed by atoms with Gasteiger partial charge in [0.1, 0.15) is 0 Å². The molecule has 1 aliphatic heterocycles. The minimum atomic E-state index is -0.178. The van der Waals surface area contributed by atoms with Gasteiger partial charge < -0.3 is 5.32 Å². The molecule has 1 N–H and O–H groups in total. The van der Waals surface area contributed by atoms with E-state index in [1.807, 2.05) is 12.1 Å². The van der Waals surface area contributed by atoms with Crippen LogP contribution in [0.15, 0.2) is 48.7 Å². The second-order valence-corrected chi connectivity index (χ2v) is 7.67. The topological polar surface area (TPSA) is 61.4 Å². The van der Waals surface area contributed by atoms with Crippen LogP contribution in [0.25, 0.3) is 0 Å². The second-order valence-electron chi connectivity index (χ2n) is 7.67. The number of benzene rings is 1. The Bertz CT molecular complexity index is 769. The van der Waals surface area contributed by atoms with E-state index in [0.717, 1.165) is 25.7 Å². The lowest BCUT2D eigenvalue weighted by molar-refractivity contribution is 0.0657. The Balaban J connectivity index is 1.55. The fourth-order valence-electron chi connectivity index (χ4n) is 4.50. The minimum Gasteiger partial charge on any atom is -0.330 e. The summed E-state index contributed by atoms with van der Waals surface area (Å²) in [6.07, 6.45) is 5.54. The highest BCUT2D eigenvalue weighted by Gasteiger charge is 2.50. The van der Waals surface area contributed by atoms with Gasteiger partial charge in [0.25, 0.3) is 0 Å². The maximum atomic E-state index is 12.5. The molecule has 2 aromatic rings. The molecule has 1 spiro atoms. The first kappa shape index (κ1) is 17.0. The Labute approximate surface area is 154 Å². The molecule has 1 saturated carbocycles. The largest absolute Gasteiger partial charge is 0.330 e. The van der Waals surface area contributed by atoms with Gasteiger partial charge in [-0.15, -0.1) is 5.10 Å². The van der Waals surface area contributed by atoms with Gasteiger partial charge in [0, 0.05) is 11.7 Å². The van der Waals surface area contributed by atoms with E-state index in [1.54, 1.807) is 11.1 Å². The summed E-state index contributed by atoms with van der Waals surface area (Å²) in [4.78, 5) is 16.6. The minimum absolute atomic E-state index is 0.0250. The van der Waals surface area contributed by atoms with Crippen LogP contribution in [0.4, 0.5) is 10.6 Å². The third kappa shape index (κ3) is 2.74. The highest BCUT2D eigenvalue weighted by molar-refractivity contribution is 5.94. The maximum absolute atomic E-state index is 12.5. The molecule has 6 nitrogen and oxygen atoms in total. The molecule has 0 unspecified atom stereocenters. The molecule has 136 valence electrons. The van der Waals surface area contributed by atoms with Crippen molar-refractivity contribution >= 4 is 11.8 Å². The van der Waals surface area contributed by atoms with Gasteiger partial charge in [-0.25, -0.2) is 4.79 Å². The van der Waals surface area contributed by atoms with E-state index in [-0.39, 0.29) is 17.1 Å². The van der Waals surface area contributed by atoms with Crippen molar-refractivity contribution in [1.82, 2.24) is 20.4 Å². The number of carbonyl (C=O) groups is 1. The Hall–Kier alpha value is -2.47. The molecule has 1 aromatic heterocycles. The lowest BCUT2D eigenvalue weighted by Crippen LogP contribution is -2.54. The maximum Gasteiger partial charge on any atom is 0.323 e. The van der Waals surface area contributed by atoms with E-state index in [4.69, 9.17) is 0 Å². The molecule has 2 fully saturated rings. The molecule has 4 rings (SSSR count). The predicted molar refractivity (Wildman–Crippen MR) is 101 cm³/mol. The molecule has 0 radical (unpaired) electrons. The number of amides is 2. The zero-order chi connectivity index (χ0) is 18.2. The van der Waals surface area contributed by atoms with Crippen LogP contribution in [-0.2, 0) is 5.54 Å². The number of rotatable bonds is 3. The molecule has 6 heteroatoms.